The van der Waals surface area contributed by atoms with Gasteiger partial charge in [0.1, 0.15) is 5.69 Å². The Hall–Kier alpha value is -2.39. The second-order valence-electron chi connectivity index (χ2n) is 4.01. The van der Waals surface area contributed by atoms with Crippen LogP contribution in [0.15, 0.2) is 23.6 Å². The first-order valence-corrected chi connectivity index (χ1v) is 6.79. The van der Waals surface area contributed by atoms with Crippen LogP contribution in [0.3, 0.4) is 0 Å². The van der Waals surface area contributed by atoms with Crippen molar-refractivity contribution in [3.63, 3.8) is 0 Å². The lowest BCUT2D eigenvalue weighted by atomic mass is 10.2. The number of benzene rings is 1. The highest BCUT2D eigenvalue weighted by atomic mass is 32.1. The van der Waals surface area contributed by atoms with Crippen LogP contribution in [0.1, 0.15) is 15.5 Å². The van der Waals surface area contributed by atoms with Crippen molar-refractivity contribution >= 4 is 28.6 Å². The Kier molecular flexibility index (Phi) is 4.55. The number of anilines is 1. The lowest BCUT2D eigenvalue weighted by Crippen LogP contribution is -2.15. The van der Waals surface area contributed by atoms with E-state index in [4.69, 9.17) is 5.73 Å². The van der Waals surface area contributed by atoms with Crippen molar-refractivity contribution in [2.45, 2.75) is 6.42 Å². The maximum atomic E-state index is 13.7. The van der Waals surface area contributed by atoms with Crippen molar-refractivity contribution in [2.24, 2.45) is 5.73 Å². The zero-order valence-corrected chi connectivity index (χ0v) is 11.5. The number of para-hydroxylation sites is 1. The number of nitrogens with two attached hydrogens (primary N) is 1. The molecule has 3 N–H and O–H groups in total. The highest BCUT2D eigenvalue weighted by Crippen LogP contribution is 2.27. The number of thiazole rings is 1. The van der Waals surface area contributed by atoms with Crippen LogP contribution in [0.2, 0.25) is 0 Å². The third kappa shape index (κ3) is 3.38. The van der Waals surface area contributed by atoms with Crippen LogP contribution in [-0.4, -0.2) is 22.4 Å². The van der Waals surface area contributed by atoms with Gasteiger partial charge in [0.05, 0.1) is 9.93 Å². The maximum absolute atomic E-state index is 13.7. The van der Waals surface area contributed by atoms with Crippen LogP contribution in [0.5, 0.6) is 0 Å². The summed E-state index contributed by atoms with van der Waals surface area (Å²) in [4.78, 5) is 26.1. The van der Waals surface area contributed by atoms with Gasteiger partial charge in [-0.1, -0.05) is 6.07 Å². The van der Waals surface area contributed by atoms with Crippen molar-refractivity contribution in [3.05, 3.63) is 50.2 Å². The van der Waals surface area contributed by atoms with Crippen molar-refractivity contribution < 1.29 is 14.1 Å². The van der Waals surface area contributed by atoms with E-state index in [0.29, 0.717) is 18.0 Å². The van der Waals surface area contributed by atoms with Gasteiger partial charge in [-0.25, -0.2) is 9.37 Å². The van der Waals surface area contributed by atoms with Gasteiger partial charge in [0, 0.05) is 17.9 Å². The molecule has 0 aliphatic rings. The van der Waals surface area contributed by atoms with Gasteiger partial charge in [-0.15, -0.1) is 11.3 Å². The third-order valence-electron chi connectivity index (χ3n) is 2.57. The van der Waals surface area contributed by atoms with E-state index in [2.05, 4.69) is 10.3 Å². The highest BCUT2D eigenvalue weighted by molar-refractivity contribution is 7.09. The monoisotopic (exact) mass is 310 g/mol. The molecule has 1 aromatic carbocycles. The smallest absolute Gasteiger partial charge is 0.295 e. The average molecular weight is 310 g/mol. The predicted octanol–water partition coefficient (Wildman–Crippen LogP) is 1.94. The summed E-state index contributed by atoms with van der Waals surface area (Å²) >= 11 is 1.25. The number of nitro benzene ring substituents is 1. The van der Waals surface area contributed by atoms with Crippen LogP contribution in [-0.2, 0) is 6.42 Å². The van der Waals surface area contributed by atoms with E-state index in [1.165, 1.54) is 22.8 Å². The largest absolute Gasteiger partial charge is 0.330 e. The molecule has 0 spiro atoms. The molecule has 1 amide bonds. The number of hydrogen-bond acceptors (Lipinski definition) is 6. The standard InChI is InChI=1S/C12H11FN4O3S/c13-7-2-1-3-9(17(19)20)11(7)16-12(18)8-6-21-10(15-8)4-5-14/h1-3,6H,4-5,14H2,(H,16,18). The molecule has 110 valence electrons. The van der Waals surface area contributed by atoms with Crippen molar-refractivity contribution in [1.29, 1.82) is 0 Å². The van der Waals surface area contributed by atoms with E-state index >= 15 is 0 Å². The fraction of sp³-hybridized carbons (Fsp3) is 0.167. The Labute approximate surface area is 122 Å². The number of rotatable bonds is 5. The minimum Gasteiger partial charge on any atom is -0.330 e. The van der Waals surface area contributed by atoms with Gasteiger partial charge in [-0.05, 0) is 12.6 Å². The first-order chi connectivity index (χ1) is 10.0. The summed E-state index contributed by atoms with van der Waals surface area (Å²) in [6.07, 6.45) is 0.526. The topological polar surface area (TPSA) is 111 Å². The molecule has 21 heavy (non-hydrogen) atoms. The summed E-state index contributed by atoms with van der Waals surface area (Å²) in [5.41, 5.74) is 4.47. The average Bonchev–Trinajstić information content (AvgIpc) is 2.90. The molecule has 0 atom stereocenters. The lowest BCUT2D eigenvalue weighted by molar-refractivity contribution is -0.384. The number of nitrogens with zero attached hydrogens (tertiary/aromatic N) is 2. The predicted molar refractivity (Wildman–Crippen MR) is 75.9 cm³/mol. The van der Waals surface area contributed by atoms with Gasteiger partial charge in [0.2, 0.25) is 0 Å². The Morgan fingerprint density at radius 3 is 2.95 bits per heavy atom. The summed E-state index contributed by atoms with van der Waals surface area (Å²) < 4.78 is 13.7. The minimum absolute atomic E-state index is 0.0704. The highest BCUT2D eigenvalue weighted by Gasteiger charge is 2.21. The lowest BCUT2D eigenvalue weighted by Gasteiger charge is -2.05. The summed E-state index contributed by atoms with van der Waals surface area (Å²) in [6, 6.07) is 3.34. The first kappa shape index (κ1) is 15.0. The molecule has 2 aromatic rings. The van der Waals surface area contributed by atoms with Gasteiger partial charge < -0.3 is 11.1 Å². The molecule has 0 saturated heterocycles. The van der Waals surface area contributed by atoms with E-state index in [1.54, 1.807) is 0 Å². The molecular weight excluding hydrogens is 299 g/mol. The second-order valence-corrected chi connectivity index (χ2v) is 4.95. The molecule has 2 rings (SSSR count). The number of hydrogen-bond donors (Lipinski definition) is 2. The van der Waals surface area contributed by atoms with Gasteiger partial charge in [0.25, 0.3) is 11.6 Å². The molecule has 7 nitrogen and oxygen atoms in total. The van der Waals surface area contributed by atoms with Crippen molar-refractivity contribution in [1.82, 2.24) is 4.98 Å². The van der Waals surface area contributed by atoms with Crippen LogP contribution in [0.25, 0.3) is 0 Å². The van der Waals surface area contributed by atoms with Gasteiger partial charge >= 0.3 is 0 Å². The second kappa shape index (κ2) is 6.37. The van der Waals surface area contributed by atoms with Gasteiger partial charge in [0.15, 0.2) is 11.5 Å². The molecule has 9 heteroatoms. The van der Waals surface area contributed by atoms with Crippen LogP contribution >= 0.6 is 11.3 Å². The van der Waals surface area contributed by atoms with E-state index < -0.39 is 28.0 Å². The molecule has 0 fully saturated rings. The number of nitro groups is 1. The zero-order chi connectivity index (χ0) is 15.4. The number of nitrogens with one attached hydrogen (secondary N) is 1. The fourth-order valence-corrected chi connectivity index (χ4v) is 2.41. The molecule has 0 unspecified atom stereocenters. The van der Waals surface area contributed by atoms with E-state index in [-0.39, 0.29) is 5.69 Å². The van der Waals surface area contributed by atoms with E-state index in [0.717, 1.165) is 12.1 Å². The Bertz CT molecular complexity index is 689. The Morgan fingerprint density at radius 1 is 1.52 bits per heavy atom. The van der Waals surface area contributed by atoms with E-state index in [9.17, 15) is 19.3 Å². The Balaban J connectivity index is 2.25. The molecule has 0 aliphatic carbocycles. The maximum Gasteiger partial charge on any atom is 0.295 e. The molecular formula is C12H11FN4O3S. The van der Waals surface area contributed by atoms with Gasteiger partial charge in [-0.2, -0.15) is 0 Å². The zero-order valence-electron chi connectivity index (χ0n) is 10.7. The number of amides is 1. The fourth-order valence-electron chi connectivity index (χ4n) is 1.62. The quantitative estimate of drug-likeness (QED) is 0.647. The summed E-state index contributed by atoms with van der Waals surface area (Å²) in [5.74, 6) is -1.59. The van der Waals surface area contributed by atoms with Crippen LogP contribution < -0.4 is 11.1 Å². The molecule has 0 radical (unpaired) electrons. The van der Waals surface area contributed by atoms with Crippen molar-refractivity contribution in [2.75, 3.05) is 11.9 Å². The third-order valence-corrected chi connectivity index (χ3v) is 3.48. The van der Waals surface area contributed by atoms with Gasteiger partial charge in [-0.3, -0.25) is 14.9 Å². The van der Waals surface area contributed by atoms with E-state index in [1.807, 2.05) is 0 Å². The normalized spacial score (nSPS) is 10.4. The van der Waals surface area contributed by atoms with Crippen molar-refractivity contribution in [3.8, 4) is 0 Å². The molecule has 0 bridgehead atoms. The first-order valence-electron chi connectivity index (χ1n) is 5.91. The Morgan fingerprint density at radius 2 is 2.29 bits per heavy atom. The molecule has 0 aliphatic heterocycles. The number of halogens is 1. The summed E-state index contributed by atoms with van der Waals surface area (Å²) in [7, 11) is 0. The minimum atomic E-state index is -0.880. The summed E-state index contributed by atoms with van der Waals surface area (Å²) in [6.45, 7) is 0.396. The SMILES string of the molecule is NCCc1nc(C(=O)Nc2c(F)cccc2[N+](=O)[O-])cs1. The molecule has 1 heterocycles. The number of carbonyl (C=O) groups is 1. The molecule has 0 saturated carbocycles. The summed E-state index contributed by atoms with van der Waals surface area (Å²) in [5, 5.41) is 15.2. The molecule has 1 aromatic heterocycles. The van der Waals surface area contributed by atoms with Crippen LogP contribution in [0, 0.1) is 15.9 Å². The van der Waals surface area contributed by atoms with Crippen LogP contribution in [0.4, 0.5) is 15.8 Å². The number of aromatic nitrogens is 1. The number of carbonyl (C=O) groups excluding carboxylic acids is 1.